The molecule has 0 heterocycles. The summed E-state index contributed by atoms with van der Waals surface area (Å²) in [6.45, 7) is 7.25. The van der Waals surface area contributed by atoms with Gasteiger partial charge in [-0.15, -0.1) is 0 Å². The molecule has 0 radical (unpaired) electrons. The summed E-state index contributed by atoms with van der Waals surface area (Å²) < 4.78 is 10.7. The second kappa shape index (κ2) is 8.52. The van der Waals surface area contributed by atoms with Crippen LogP contribution in [0.15, 0.2) is 18.2 Å². The maximum atomic E-state index is 11.5. The lowest BCUT2D eigenvalue weighted by atomic mass is 10.1. The second-order valence-corrected chi connectivity index (χ2v) is 5.25. The average Bonchev–Trinajstić information content (AvgIpc) is 2.43. The normalized spacial score (nSPS) is 12.2. The third kappa shape index (κ3) is 5.27. The summed E-state index contributed by atoms with van der Waals surface area (Å²) >= 11 is 0. The molecule has 118 valence electrons. The van der Waals surface area contributed by atoms with Crippen LogP contribution in [0.4, 0.5) is 0 Å². The van der Waals surface area contributed by atoms with Gasteiger partial charge in [0, 0.05) is 0 Å². The molecule has 0 saturated heterocycles. The van der Waals surface area contributed by atoms with E-state index in [1.165, 1.54) is 0 Å². The van der Waals surface area contributed by atoms with Crippen molar-refractivity contribution in [1.82, 2.24) is 5.32 Å². The van der Waals surface area contributed by atoms with Crippen molar-refractivity contribution in [2.75, 3.05) is 20.3 Å². The number of benzene rings is 1. The van der Waals surface area contributed by atoms with Crippen LogP contribution in [0, 0.1) is 5.92 Å². The number of carbonyl (C=O) groups is 1. The standard InChI is InChI=1S/C16H25NO4/c1-5-21-14-10-12(6-7-13(14)20-4)15(16(18)19)17-9-8-11(2)3/h6-7,10-11,15,17H,5,8-9H2,1-4H3,(H,18,19). The highest BCUT2D eigenvalue weighted by molar-refractivity contribution is 5.76. The van der Waals surface area contributed by atoms with Gasteiger partial charge < -0.3 is 19.9 Å². The van der Waals surface area contributed by atoms with Crippen molar-refractivity contribution in [1.29, 1.82) is 0 Å². The van der Waals surface area contributed by atoms with Gasteiger partial charge in [0.2, 0.25) is 0 Å². The highest BCUT2D eigenvalue weighted by atomic mass is 16.5. The molecular weight excluding hydrogens is 270 g/mol. The fraction of sp³-hybridized carbons (Fsp3) is 0.562. The van der Waals surface area contributed by atoms with Crippen molar-refractivity contribution in [2.45, 2.75) is 33.2 Å². The summed E-state index contributed by atoms with van der Waals surface area (Å²) in [5, 5.41) is 12.5. The molecule has 0 aliphatic carbocycles. The summed E-state index contributed by atoms with van der Waals surface area (Å²) in [6, 6.07) is 4.47. The van der Waals surface area contributed by atoms with Gasteiger partial charge in [-0.3, -0.25) is 4.79 Å². The molecule has 1 atom stereocenters. The molecule has 0 aliphatic heterocycles. The molecule has 1 aromatic carbocycles. The zero-order chi connectivity index (χ0) is 15.8. The van der Waals surface area contributed by atoms with Crippen LogP contribution in [0.3, 0.4) is 0 Å². The van der Waals surface area contributed by atoms with E-state index in [9.17, 15) is 9.90 Å². The Morgan fingerprint density at radius 3 is 2.57 bits per heavy atom. The predicted molar refractivity (Wildman–Crippen MR) is 82.0 cm³/mol. The van der Waals surface area contributed by atoms with Crippen LogP contribution in [0.5, 0.6) is 11.5 Å². The molecule has 0 amide bonds. The topological polar surface area (TPSA) is 67.8 Å². The average molecular weight is 295 g/mol. The van der Waals surface area contributed by atoms with E-state index in [-0.39, 0.29) is 0 Å². The monoisotopic (exact) mass is 295 g/mol. The first-order valence-electron chi connectivity index (χ1n) is 7.26. The van der Waals surface area contributed by atoms with E-state index in [4.69, 9.17) is 9.47 Å². The number of aliphatic carboxylic acids is 1. The van der Waals surface area contributed by atoms with Crippen molar-refractivity contribution < 1.29 is 19.4 Å². The molecular formula is C16H25NO4. The van der Waals surface area contributed by atoms with E-state index in [0.717, 1.165) is 6.42 Å². The molecule has 0 bridgehead atoms. The van der Waals surface area contributed by atoms with Crippen LogP contribution >= 0.6 is 0 Å². The predicted octanol–water partition coefficient (Wildman–Crippen LogP) is 2.86. The zero-order valence-corrected chi connectivity index (χ0v) is 13.2. The first-order valence-corrected chi connectivity index (χ1v) is 7.26. The highest BCUT2D eigenvalue weighted by Crippen LogP contribution is 2.30. The Kier molecular flexibility index (Phi) is 7.02. The Morgan fingerprint density at radius 1 is 1.33 bits per heavy atom. The molecule has 0 aliphatic rings. The molecule has 1 unspecified atom stereocenters. The van der Waals surface area contributed by atoms with E-state index in [2.05, 4.69) is 19.2 Å². The van der Waals surface area contributed by atoms with Crippen LogP contribution in [-0.2, 0) is 4.79 Å². The van der Waals surface area contributed by atoms with Gasteiger partial charge in [0.1, 0.15) is 6.04 Å². The summed E-state index contributed by atoms with van der Waals surface area (Å²) in [4.78, 5) is 11.5. The van der Waals surface area contributed by atoms with Crippen LogP contribution in [0.1, 0.15) is 38.8 Å². The van der Waals surface area contributed by atoms with Gasteiger partial charge in [-0.05, 0) is 43.5 Å². The number of methoxy groups -OCH3 is 1. The Bertz CT molecular complexity index is 460. The van der Waals surface area contributed by atoms with Gasteiger partial charge in [0.25, 0.3) is 0 Å². The number of hydrogen-bond acceptors (Lipinski definition) is 4. The first-order chi connectivity index (χ1) is 9.99. The van der Waals surface area contributed by atoms with E-state index in [1.807, 2.05) is 6.92 Å². The molecule has 2 N–H and O–H groups in total. The number of hydrogen-bond donors (Lipinski definition) is 2. The Hall–Kier alpha value is -1.75. The maximum Gasteiger partial charge on any atom is 0.325 e. The molecule has 0 saturated carbocycles. The van der Waals surface area contributed by atoms with Crippen molar-refractivity contribution in [2.24, 2.45) is 5.92 Å². The number of carboxylic acids is 1. The number of ether oxygens (including phenoxy) is 2. The fourth-order valence-electron chi connectivity index (χ4n) is 2.01. The van der Waals surface area contributed by atoms with Gasteiger partial charge in [0.15, 0.2) is 11.5 Å². The lowest BCUT2D eigenvalue weighted by Gasteiger charge is -2.18. The minimum absolute atomic E-state index is 0.498. The minimum Gasteiger partial charge on any atom is -0.493 e. The molecule has 5 nitrogen and oxygen atoms in total. The number of nitrogens with one attached hydrogen (secondary N) is 1. The van der Waals surface area contributed by atoms with Gasteiger partial charge in [-0.1, -0.05) is 19.9 Å². The van der Waals surface area contributed by atoms with E-state index in [0.29, 0.717) is 36.1 Å². The first kappa shape index (κ1) is 17.3. The smallest absolute Gasteiger partial charge is 0.325 e. The van der Waals surface area contributed by atoms with Gasteiger partial charge in [0.05, 0.1) is 13.7 Å². The van der Waals surface area contributed by atoms with Crippen molar-refractivity contribution in [3.63, 3.8) is 0 Å². The van der Waals surface area contributed by atoms with Gasteiger partial charge >= 0.3 is 5.97 Å². The van der Waals surface area contributed by atoms with Crippen molar-refractivity contribution in [3.05, 3.63) is 23.8 Å². The van der Waals surface area contributed by atoms with Crippen molar-refractivity contribution in [3.8, 4) is 11.5 Å². The molecule has 0 aromatic heterocycles. The number of rotatable bonds is 9. The summed E-state index contributed by atoms with van der Waals surface area (Å²) in [5.74, 6) is 0.800. The minimum atomic E-state index is -0.897. The van der Waals surface area contributed by atoms with Crippen LogP contribution < -0.4 is 14.8 Å². The Morgan fingerprint density at radius 2 is 2.05 bits per heavy atom. The van der Waals surface area contributed by atoms with E-state index in [1.54, 1.807) is 25.3 Å². The van der Waals surface area contributed by atoms with Crippen LogP contribution in [0.25, 0.3) is 0 Å². The SMILES string of the molecule is CCOc1cc(C(NCCC(C)C)C(=O)O)ccc1OC. The molecule has 5 heteroatoms. The van der Waals surface area contributed by atoms with Crippen LogP contribution in [0.2, 0.25) is 0 Å². The highest BCUT2D eigenvalue weighted by Gasteiger charge is 2.20. The van der Waals surface area contributed by atoms with E-state index >= 15 is 0 Å². The van der Waals surface area contributed by atoms with Gasteiger partial charge in [-0.2, -0.15) is 0 Å². The summed E-state index contributed by atoms with van der Waals surface area (Å²) in [7, 11) is 1.56. The second-order valence-electron chi connectivity index (χ2n) is 5.25. The van der Waals surface area contributed by atoms with Crippen molar-refractivity contribution >= 4 is 5.97 Å². The maximum absolute atomic E-state index is 11.5. The lowest BCUT2D eigenvalue weighted by Crippen LogP contribution is -2.29. The molecule has 1 rings (SSSR count). The Balaban J connectivity index is 2.91. The lowest BCUT2D eigenvalue weighted by molar-refractivity contribution is -0.139. The molecule has 21 heavy (non-hydrogen) atoms. The van der Waals surface area contributed by atoms with Gasteiger partial charge in [-0.25, -0.2) is 0 Å². The molecule has 0 spiro atoms. The third-order valence-corrected chi connectivity index (χ3v) is 3.14. The zero-order valence-electron chi connectivity index (χ0n) is 13.2. The number of carboxylic acid groups (broad SMARTS) is 1. The quantitative estimate of drug-likeness (QED) is 0.733. The fourth-order valence-corrected chi connectivity index (χ4v) is 2.01. The third-order valence-electron chi connectivity index (χ3n) is 3.14. The molecule has 1 aromatic rings. The summed E-state index contributed by atoms with van der Waals surface area (Å²) in [5.41, 5.74) is 0.663. The molecule has 0 fully saturated rings. The largest absolute Gasteiger partial charge is 0.493 e. The van der Waals surface area contributed by atoms with E-state index < -0.39 is 12.0 Å². The Labute approximate surface area is 126 Å². The van der Waals surface area contributed by atoms with Crippen LogP contribution in [-0.4, -0.2) is 31.3 Å². The summed E-state index contributed by atoms with van der Waals surface area (Å²) in [6.07, 6.45) is 0.929.